The molecule has 0 saturated carbocycles. The number of hydrogen-bond acceptors (Lipinski definition) is 2. The SMILES string of the molecule is COc1ccc2[nH]cc(C(=O)C[NH+]3CCCCC3)c2c1.[Cl-]. The molecule has 21 heavy (non-hydrogen) atoms. The molecule has 1 aromatic carbocycles. The van der Waals surface area contributed by atoms with Crippen LogP contribution in [0.15, 0.2) is 24.4 Å². The van der Waals surface area contributed by atoms with E-state index in [2.05, 4.69) is 4.98 Å². The Morgan fingerprint density at radius 1 is 1.29 bits per heavy atom. The van der Waals surface area contributed by atoms with Crippen LogP contribution in [0.4, 0.5) is 0 Å². The number of ether oxygens (including phenoxy) is 1. The predicted octanol–water partition coefficient (Wildman–Crippen LogP) is -1.57. The molecule has 2 heterocycles. The lowest BCUT2D eigenvalue weighted by molar-refractivity contribution is -0.896. The van der Waals surface area contributed by atoms with Crippen LogP contribution < -0.4 is 22.0 Å². The molecule has 0 radical (unpaired) electrons. The summed E-state index contributed by atoms with van der Waals surface area (Å²) >= 11 is 0. The summed E-state index contributed by atoms with van der Waals surface area (Å²) in [7, 11) is 1.65. The number of methoxy groups -OCH3 is 1. The number of halogens is 1. The zero-order chi connectivity index (χ0) is 13.9. The molecule has 0 unspecified atom stereocenters. The molecule has 1 aliphatic rings. The third kappa shape index (κ3) is 3.39. The molecular weight excluding hydrogens is 288 g/mol. The van der Waals surface area contributed by atoms with Gasteiger partial charge in [0.15, 0.2) is 0 Å². The fourth-order valence-electron chi connectivity index (χ4n) is 3.01. The van der Waals surface area contributed by atoms with Crippen molar-refractivity contribution in [2.75, 3.05) is 26.7 Å². The minimum absolute atomic E-state index is 0. The summed E-state index contributed by atoms with van der Waals surface area (Å²) in [5.74, 6) is 1.01. The van der Waals surface area contributed by atoms with Crippen molar-refractivity contribution in [1.82, 2.24) is 4.98 Å². The van der Waals surface area contributed by atoms with E-state index in [1.807, 2.05) is 24.4 Å². The molecule has 3 rings (SSSR count). The van der Waals surface area contributed by atoms with Gasteiger partial charge in [0.25, 0.3) is 0 Å². The summed E-state index contributed by atoms with van der Waals surface area (Å²) in [6.45, 7) is 2.85. The van der Waals surface area contributed by atoms with E-state index in [9.17, 15) is 4.79 Å². The number of quaternary nitrogens is 1. The van der Waals surface area contributed by atoms with E-state index >= 15 is 0 Å². The van der Waals surface area contributed by atoms with Crippen molar-refractivity contribution in [3.63, 3.8) is 0 Å². The van der Waals surface area contributed by atoms with Crippen LogP contribution in [0, 0.1) is 0 Å². The Morgan fingerprint density at radius 2 is 2.05 bits per heavy atom. The van der Waals surface area contributed by atoms with Crippen molar-refractivity contribution in [2.45, 2.75) is 19.3 Å². The Kier molecular flexibility index (Phi) is 5.26. The highest BCUT2D eigenvalue weighted by molar-refractivity contribution is 6.08. The molecule has 0 aliphatic carbocycles. The summed E-state index contributed by atoms with van der Waals surface area (Å²) in [5.41, 5.74) is 1.78. The second kappa shape index (κ2) is 6.96. The summed E-state index contributed by atoms with van der Waals surface area (Å²) in [5, 5.41) is 0.964. The van der Waals surface area contributed by atoms with Crippen LogP contribution in [0.1, 0.15) is 29.6 Å². The molecule has 0 bridgehead atoms. The smallest absolute Gasteiger partial charge is 0.219 e. The third-order valence-corrected chi connectivity index (χ3v) is 4.16. The van der Waals surface area contributed by atoms with Crippen LogP contribution in [0.5, 0.6) is 5.75 Å². The average Bonchev–Trinajstić information content (AvgIpc) is 2.91. The van der Waals surface area contributed by atoms with Gasteiger partial charge in [0.2, 0.25) is 5.78 Å². The number of hydrogen-bond donors (Lipinski definition) is 2. The highest BCUT2D eigenvalue weighted by atomic mass is 35.5. The van der Waals surface area contributed by atoms with E-state index in [0.717, 1.165) is 35.3 Å². The lowest BCUT2D eigenvalue weighted by atomic mass is 10.1. The van der Waals surface area contributed by atoms with E-state index in [1.54, 1.807) is 7.11 Å². The van der Waals surface area contributed by atoms with Gasteiger partial charge in [-0.1, -0.05) is 0 Å². The number of ketones is 1. The fraction of sp³-hybridized carbons (Fsp3) is 0.438. The maximum atomic E-state index is 12.5. The van der Waals surface area contributed by atoms with Crippen molar-refractivity contribution in [1.29, 1.82) is 0 Å². The van der Waals surface area contributed by atoms with Gasteiger partial charge in [0, 0.05) is 22.7 Å². The van der Waals surface area contributed by atoms with Crippen LogP contribution in [-0.2, 0) is 0 Å². The molecule has 5 heteroatoms. The molecule has 0 spiro atoms. The molecule has 1 saturated heterocycles. The normalized spacial score (nSPS) is 15.7. The van der Waals surface area contributed by atoms with Gasteiger partial charge in [-0.2, -0.15) is 0 Å². The van der Waals surface area contributed by atoms with Gasteiger partial charge in [-0.05, 0) is 37.5 Å². The van der Waals surface area contributed by atoms with Crippen LogP contribution >= 0.6 is 0 Å². The van der Waals surface area contributed by atoms with E-state index in [0.29, 0.717) is 6.54 Å². The number of nitrogens with one attached hydrogen (secondary N) is 2. The first-order chi connectivity index (χ1) is 9.78. The maximum absolute atomic E-state index is 12.5. The van der Waals surface area contributed by atoms with Gasteiger partial charge in [-0.3, -0.25) is 4.79 Å². The Bertz CT molecular complexity index is 618. The molecule has 1 aromatic heterocycles. The Morgan fingerprint density at radius 3 is 2.76 bits per heavy atom. The highest BCUT2D eigenvalue weighted by Gasteiger charge is 2.20. The van der Waals surface area contributed by atoms with Gasteiger partial charge in [0.1, 0.15) is 12.3 Å². The second-order valence-electron chi connectivity index (χ2n) is 5.52. The lowest BCUT2D eigenvalue weighted by Gasteiger charge is -2.22. The minimum atomic E-state index is 0. The van der Waals surface area contributed by atoms with E-state index in [4.69, 9.17) is 4.74 Å². The van der Waals surface area contributed by atoms with Crippen molar-refractivity contribution < 1.29 is 26.8 Å². The van der Waals surface area contributed by atoms with Crippen molar-refractivity contribution in [2.24, 2.45) is 0 Å². The van der Waals surface area contributed by atoms with Crippen molar-refractivity contribution >= 4 is 16.7 Å². The number of H-pyrrole nitrogens is 1. The topological polar surface area (TPSA) is 46.5 Å². The van der Waals surface area contributed by atoms with Gasteiger partial charge in [0.05, 0.1) is 20.2 Å². The largest absolute Gasteiger partial charge is 1.00 e. The van der Waals surface area contributed by atoms with Crippen LogP contribution in [-0.4, -0.2) is 37.5 Å². The number of carbonyl (C=O) groups is 1. The standard InChI is InChI=1S/C16H20N2O2.ClH/c1-20-12-5-6-15-13(9-12)14(10-17-15)16(19)11-18-7-3-2-4-8-18;/h5-6,9-10,17H,2-4,7-8,11H2,1H3;1H. The zero-order valence-corrected chi connectivity index (χ0v) is 13.0. The number of aromatic amines is 1. The molecule has 2 aromatic rings. The van der Waals surface area contributed by atoms with E-state index < -0.39 is 0 Å². The quantitative estimate of drug-likeness (QED) is 0.671. The molecule has 0 atom stereocenters. The number of likely N-dealkylation sites (tertiary alicyclic amines) is 1. The van der Waals surface area contributed by atoms with Crippen molar-refractivity contribution in [3.8, 4) is 5.75 Å². The molecule has 4 nitrogen and oxygen atoms in total. The van der Waals surface area contributed by atoms with Gasteiger partial charge in [-0.15, -0.1) is 0 Å². The number of benzene rings is 1. The molecule has 1 aliphatic heterocycles. The lowest BCUT2D eigenvalue weighted by Crippen LogP contribution is -3.13. The summed E-state index contributed by atoms with van der Waals surface area (Å²) in [6, 6.07) is 5.80. The Balaban J connectivity index is 0.00000161. The van der Waals surface area contributed by atoms with Gasteiger partial charge < -0.3 is 27.0 Å². The van der Waals surface area contributed by atoms with E-state index in [-0.39, 0.29) is 18.2 Å². The van der Waals surface area contributed by atoms with Crippen LogP contribution in [0.2, 0.25) is 0 Å². The Labute approximate surface area is 130 Å². The third-order valence-electron chi connectivity index (χ3n) is 4.16. The number of Topliss-reactive ketones (excluding diaryl/α,β-unsaturated/α-hetero) is 1. The number of fused-ring (bicyclic) bond motifs is 1. The average molecular weight is 309 g/mol. The first kappa shape index (κ1) is 15.9. The van der Waals surface area contributed by atoms with Crippen molar-refractivity contribution in [3.05, 3.63) is 30.0 Å². The molecule has 1 fully saturated rings. The first-order valence-corrected chi connectivity index (χ1v) is 7.30. The fourth-order valence-corrected chi connectivity index (χ4v) is 3.01. The Hall–Kier alpha value is -1.52. The highest BCUT2D eigenvalue weighted by Crippen LogP contribution is 2.23. The maximum Gasteiger partial charge on any atom is 0.219 e. The number of aromatic nitrogens is 1. The predicted molar refractivity (Wildman–Crippen MR) is 78.6 cm³/mol. The number of piperidine rings is 1. The molecule has 0 amide bonds. The second-order valence-corrected chi connectivity index (χ2v) is 5.52. The molecule has 114 valence electrons. The first-order valence-electron chi connectivity index (χ1n) is 7.30. The zero-order valence-electron chi connectivity index (χ0n) is 12.2. The minimum Gasteiger partial charge on any atom is -1.00 e. The number of rotatable bonds is 4. The van der Waals surface area contributed by atoms with Crippen LogP contribution in [0.3, 0.4) is 0 Å². The van der Waals surface area contributed by atoms with Gasteiger partial charge in [-0.25, -0.2) is 0 Å². The number of carbonyl (C=O) groups excluding carboxylic acids is 1. The monoisotopic (exact) mass is 308 g/mol. The van der Waals surface area contributed by atoms with E-state index in [1.165, 1.54) is 24.2 Å². The van der Waals surface area contributed by atoms with Crippen LogP contribution in [0.25, 0.3) is 10.9 Å². The summed E-state index contributed by atoms with van der Waals surface area (Å²) in [4.78, 5) is 17.1. The van der Waals surface area contributed by atoms with Gasteiger partial charge >= 0.3 is 0 Å². The molecular formula is C16H21ClN2O2. The molecule has 2 N–H and O–H groups in total. The summed E-state index contributed by atoms with van der Waals surface area (Å²) in [6.07, 6.45) is 5.62. The summed E-state index contributed by atoms with van der Waals surface area (Å²) < 4.78 is 5.25.